The van der Waals surface area contributed by atoms with Crippen LogP contribution < -0.4 is 42.0 Å². The van der Waals surface area contributed by atoms with Crippen molar-refractivity contribution in [2.24, 2.45) is 0 Å². The lowest BCUT2D eigenvalue weighted by atomic mass is 10.1. The van der Waals surface area contributed by atoms with Crippen LogP contribution in [-0.2, 0) is 31.0 Å². The first-order valence-corrected chi connectivity index (χ1v) is 33.6. The molecule has 42 heteroatoms. The fourth-order valence-electron chi connectivity index (χ4n) is 9.70. The van der Waals surface area contributed by atoms with Gasteiger partial charge in [-0.15, -0.1) is 0 Å². The third-order valence-electron chi connectivity index (χ3n) is 14.5. The molecule has 106 heavy (non-hydrogen) atoms. The number of halogens is 5. The Hall–Kier alpha value is -12.6. The number of aliphatic hydroxyl groups is 1. The van der Waals surface area contributed by atoms with Crippen molar-refractivity contribution in [1.29, 1.82) is 0 Å². The van der Waals surface area contributed by atoms with Crippen LogP contribution in [-0.4, -0.2) is 165 Å². The molecule has 0 aliphatic heterocycles. The molecule has 1 amide bonds. The molecule has 0 aromatic carbocycles. The minimum Gasteiger partial charge on any atom is -0.467 e. The van der Waals surface area contributed by atoms with E-state index in [2.05, 4.69) is 152 Å². The first-order chi connectivity index (χ1) is 51.6. The van der Waals surface area contributed by atoms with Gasteiger partial charge in [0.15, 0.2) is 51.8 Å². The molecule has 0 bridgehead atoms. The van der Waals surface area contributed by atoms with E-state index in [-0.39, 0.29) is 50.5 Å². The van der Waals surface area contributed by atoms with Gasteiger partial charge < -0.3 is 85.3 Å². The lowest BCUT2D eigenvalue weighted by Gasteiger charge is -2.09. The zero-order chi connectivity index (χ0) is 73.9. The van der Waals surface area contributed by atoms with E-state index in [0.717, 1.165) is 39.1 Å². The summed E-state index contributed by atoms with van der Waals surface area (Å²) in [5.74, 6) is 5.84. The van der Waals surface area contributed by atoms with Gasteiger partial charge in [-0.05, 0) is 137 Å². The second-order valence-electron chi connectivity index (χ2n) is 21.9. The van der Waals surface area contributed by atoms with Crippen LogP contribution in [0.4, 0.5) is 35.0 Å². The van der Waals surface area contributed by atoms with Crippen LogP contribution in [0.15, 0.2) is 135 Å². The molecule has 0 spiro atoms. The van der Waals surface area contributed by atoms with E-state index < -0.39 is 0 Å². The van der Waals surface area contributed by atoms with E-state index in [4.69, 9.17) is 81.2 Å². The van der Waals surface area contributed by atoms with Gasteiger partial charge in [0, 0.05) is 71.4 Å². The average Bonchev–Trinajstić information content (AvgIpc) is 1.63. The van der Waals surface area contributed by atoms with Gasteiger partial charge in [-0.2, -0.15) is 54.8 Å². The molecule has 0 atom stereocenters. The molecule has 13 N–H and O–H groups in total. The van der Waals surface area contributed by atoms with Gasteiger partial charge in [0.1, 0.15) is 63.0 Å². The van der Waals surface area contributed by atoms with E-state index in [1.807, 2.05) is 66.7 Å². The predicted octanol–water partition coefficient (Wildman–Crippen LogP) is 10.4. The number of carbonyl (C=O) groups excluding carboxylic acids is 2. The van der Waals surface area contributed by atoms with Gasteiger partial charge in [0.25, 0.3) is 17.8 Å². The van der Waals surface area contributed by atoms with Crippen LogP contribution in [0.3, 0.4) is 0 Å². The predicted molar refractivity (Wildman–Crippen MR) is 394 cm³/mol. The largest absolute Gasteiger partial charge is 0.467 e. The third-order valence-corrected chi connectivity index (χ3v) is 15.4. The molecule has 0 saturated carbocycles. The number of allylic oxidation sites excluding steroid dienone is 2. The molecule has 1 aliphatic rings. The number of furan rings is 2. The van der Waals surface area contributed by atoms with E-state index >= 15 is 0 Å². The number of pyridine rings is 1. The summed E-state index contributed by atoms with van der Waals surface area (Å²) in [6.45, 7) is 4.65. The number of anilines is 6. The van der Waals surface area contributed by atoms with Crippen molar-refractivity contribution in [3.8, 4) is 17.6 Å². The highest BCUT2D eigenvalue weighted by atomic mass is 35.5. The molecule has 15 aromatic heterocycles. The zero-order valence-corrected chi connectivity index (χ0v) is 59.4. The smallest absolute Gasteiger partial charge is 0.296 e. The average molecular weight is 1540 g/mol. The maximum Gasteiger partial charge on any atom is 0.296 e. The molecular weight excluding hydrogens is 1480 g/mol. The molecule has 0 fully saturated rings. The van der Waals surface area contributed by atoms with Gasteiger partial charge >= 0.3 is 0 Å². The Morgan fingerprint density at radius 3 is 1.85 bits per heavy atom. The molecule has 15 aromatic rings. The van der Waals surface area contributed by atoms with Crippen LogP contribution in [0.5, 0.6) is 6.01 Å². The highest BCUT2D eigenvalue weighted by Crippen LogP contribution is 2.30. The van der Waals surface area contributed by atoms with Gasteiger partial charge in [0.2, 0.25) is 32.4 Å². The fourth-order valence-corrected chi connectivity index (χ4v) is 10.5. The molecule has 542 valence electrons. The SMILES string of the molecule is CNC(=O)c1nc2nc(Cl)nc(NCc3ccncc3)c2[nH]1.CNc1nc2nc(Cl)nc(NCc3ccncn3)c2[nH]1.Cc1noc(-c2cc3c(NCc4ccco4)nc(Cl)nc3[nH]2)n1.O=C1C=C(CNc2nc(Cl)nc3[nH]ccc23)C=CC1.OCCCOc1nc2nc(Cl)nc(NCc3ccco3)c2[nH]1. The maximum atomic E-state index is 11.6. The number of fused-ring (bicyclic) bond motifs is 5. The Morgan fingerprint density at radius 2 is 1.22 bits per heavy atom. The number of hydrogen-bond donors (Lipinski definition) is 13. The van der Waals surface area contributed by atoms with Gasteiger partial charge in [-0.1, -0.05) is 17.3 Å². The quantitative estimate of drug-likeness (QED) is 0.0221. The Morgan fingerprint density at radius 1 is 0.613 bits per heavy atom. The molecule has 37 nitrogen and oxygen atoms in total. The number of amides is 1. The topological polar surface area (TPSA) is 498 Å². The molecule has 0 unspecified atom stereocenters. The number of aliphatic hydroxyl groups excluding tert-OH is 1. The Labute approximate surface area is 621 Å². The van der Waals surface area contributed by atoms with Gasteiger partial charge in [-0.25, -0.2) is 24.9 Å². The molecule has 1 aliphatic carbocycles. The van der Waals surface area contributed by atoms with E-state index in [0.29, 0.717) is 155 Å². The Bertz CT molecular complexity index is 5520. The van der Waals surface area contributed by atoms with Crippen LogP contribution in [0, 0.1) is 6.92 Å². The van der Waals surface area contributed by atoms with Crippen molar-refractivity contribution in [3.63, 3.8) is 0 Å². The van der Waals surface area contributed by atoms with Crippen LogP contribution in [0.25, 0.3) is 67.1 Å². The summed E-state index contributed by atoms with van der Waals surface area (Å²) < 4.78 is 21.1. The number of aryl methyl sites for hydroxylation is 1. The summed E-state index contributed by atoms with van der Waals surface area (Å²) in [6.07, 6.45) is 18.0. The third kappa shape index (κ3) is 19.4. The molecule has 16 rings (SSSR count). The highest BCUT2D eigenvalue weighted by Gasteiger charge is 2.20. The number of nitrogens with zero attached hydrogens (tertiary/aromatic N) is 18. The number of aromatic nitrogens is 23. The van der Waals surface area contributed by atoms with Crippen LogP contribution >= 0.6 is 58.0 Å². The number of ketones is 1. The van der Waals surface area contributed by atoms with Gasteiger partial charge in [0.05, 0.1) is 55.2 Å². The molecule has 0 saturated heterocycles. The Balaban J connectivity index is 0.000000124. The van der Waals surface area contributed by atoms with Gasteiger partial charge in [-0.3, -0.25) is 14.6 Å². The first-order valence-electron chi connectivity index (χ1n) is 31.7. The lowest BCUT2D eigenvalue weighted by molar-refractivity contribution is -0.114. The van der Waals surface area contributed by atoms with Crippen molar-refractivity contribution < 1.29 is 32.8 Å². The number of nitrogens with one attached hydrogen (secondary N) is 12. The number of imidazole rings is 3. The first kappa shape index (κ1) is 73.2. The summed E-state index contributed by atoms with van der Waals surface area (Å²) in [6, 6.07) is 17.0. The normalized spacial score (nSPS) is 11.6. The minimum absolute atomic E-state index is 0.0553. The maximum absolute atomic E-state index is 11.6. The van der Waals surface area contributed by atoms with E-state index in [9.17, 15) is 9.59 Å². The summed E-state index contributed by atoms with van der Waals surface area (Å²) >= 11 is 29.6. The number of carbonyl (C=O) groups is 2. The standard InChI is InChI=1S/C14H11ClN6O2.C13H12ClN7O.C13H14ClN5O3.C13H11ClN4O.C11H11ClN8/c1-7-17-13(23-21-7)10-5-9-11(16-6-8-3-2-4-22-8)19-14(15)20-12(9)18-10;1-15-12(22)11-18-8-9(20-13(14)21-10(8)19-11)17-6-7-2-4-16-5-3-7;14-12-17-10(15-7-8-3-1-5-21-8)9-11(18-12)19-13(16-9)22-6-2-4-20;14-13-17-11-10(4-5-15-11)12(18-13)16-7-8-2-1-3-9(19)6-8;1-13-11-17-7-8(18-10(12)19-9(7)20-11)15-4-6-2-3-14-5-16-6/h2-5H,6H2,1H3,(H2,16,18,19,20);2-5H,6H2,1H3,(H,15,22)(H2,17,18,19,20,21);1,3,5,20H,2,4,6-7H2,(H2,15,16,17,18,19);1-2,4-6H,3,7H2,(H2,15,16,17,18);2-3,5H,4H2,1H3,(H3,13,15,17,18,19,20). The number of H-pyrrole nitrogens is 5. The van der Waals surface area contributed by atoms with Crippen molar-refractivity contribution in [2.45, 2.75) is 45.9 Å². The van der Waals surface area contributed by atoms with Crippen molar-refractivity contribution in [2.75, 3.05) is 65.8 Å². The zero-order valence-electron chi connectivity index (χ0n) is 55.7. The number of hydrogen-bond acceptors (Lipinski definition) is 31. The Kier molecular flexibility index (Phi) is 24.2. The van der Waals surface area contributed by atoms with E-state index in [1.165, 1.54) is 13.4 Å². The second kappa shape index (κ2) is 35.1. The fraction of sp³-hybridized carbons (Fsp3) is 0.188. The number of aromatic amines is 5. The summed E-state index contributed by atoms with van der Waals surface area (Å²) in [5, 5.41) is 36.0. The molecule has 0 radical (unpaired) electrons. The minimum atomic E-state index is -0.339. The molecule has 15 heterocycles. The van der Waals surface area contributed by atoms with Crippen LogP contribution in [0.1, 0.15) is 52.1 Å². The second-order valence-corrected chi connectivity index (χ2v) is 23.6. The summed E-state index contributed by atoms with van der Waals surface area (Å²) in [5.41, 5.74) is 7.76. The van der Waals surface area contributed by atoms with E-state index in [1.54, 1.807) is 57.4 Å². The van der Waals surface area contributed by atoms with Crippen molar-refractivity contribution in [1.82, 2.24) is 120 Å². The number of rotatable bonds is 22. The van der Waals surface area contributed by atoms with Crippen molar-refractivity contribution in [3.05, 3.63) is 183 Å². The lowest BCUT2D eigenvalue weighted by Crippen LogP contribution is -2.19. The summed E-state index contributed by atoms with van der Waals surface area (Å²) in [7, 11) is 3.29. The number of ether oxygens (including phenoxy) is 1. The highest BCUT2D eigenvalue weighted by molar-refractivity contribution is 6.30. The van der Waals surface area contributed by atoms with Crippen molar-refractivity contribution >= 4 is 160 Å². The van der Waals surface area contributed by atoms with Crippen LogP contribution in [0.2, 0.25) is 26.4 Å². The summed E-state index contributed by atoms with van der Waals surface area (Å²) in [4.78, 5) is 108. The molecular formula is C64H59Cl5N30O7. The monoisotopic (exact) mass is 1530 g/mol.